The molecule has 1 N–H and O–H groups in total. The van der Waals surface area contributed by atoms with Crippen molar-refractivity contribution in [2.75, 3.05) is 11.4 Å². The van der Waals surface area contributed by atoms with Crippen LogP contribution in [0.1, 0.15) is 5.56 Å². The first-order valence-corrected chi connectivity index (χ1v) is 9.56. The summed E-state index contributed by atoms with van der Waals surface area (Å²) in [5.41, 5.74) is 0.927. The molecule has 5 rings (SSSR count). The second-order valence-corrected chi connectivity index (χ2v) is 7.82. The third kappa shape index (κ3) is 2.64. The average molecular weight is 396 g/mol. The predicted molar refractivity (Wildman–Crippen MR) is 104 cm³/mol. The van der Waals surface area contributed by atoms with Gasteiger partial charge in [0.25, 0.3) is 0 Å². The number of carbonyl (C=O) groups is 2. The molecule has 2 fully saturated rings. The Morgan fingerprint density at radius 2 is 2.14 bits per heavy atom. The van der Waals surface area contributed by atoms with E-state index in [0.717, 1.165) is 11.3 Å². The third-order valence-electron chi connectivity index (χ3n) is 5.73. The van der Waals surface area contributed by atoms with E-state index in [0.29, 0.717) is 18.1 Å². The first kappa shape index (κ1) is 17.4. The van der Waals surface area contributed by atoms with E-state index in [-0.39, 0.29) is 17.9 Å². The lowest BCUT2D eigenvalue weighted by molar-refractivity contribution is -0.132. The number of aromatic nitrogens is 1. The lowest BCUT2D eigenvalue weighted by atomic mass is 9.77. The number of halogens is 1. The normalized spacial score (nSPS) is 30.0. The molecule has 1 spiro atoms. The van der Waals surface area contributed by atoms with Crippen molar-refractivity contribution in [3.63, 3.8) is 0 Å². The number of rotatable bonds is 4. The maximum atomic E-state index is 13.2. The van der Waals surface area contributed by atoms with Crippen molar-refractivity contribution in [3.05, 3.63) is 71.5 Å². The molecule has 4 atom stereocenters. The Bertz CT molecular complexity index is 963. The molecule has 7 heteroatoms. The number of amides is 2. The summed E-state index contributed by atoms with van der Waals surface area (Å²) in [6, 6.07) is 10.8. The van der Waals surface area contributed by atoms with Crippen molar-refractivity contribution < 1.29 is 14.3 Å². The molecule has 0 aliphatic carbocycles. The van der Waals surface area contributed by atoms with Crippen molar-refractivity contribution in [2.45, 2.75) is 18.2 Å². The van der Waals surface area contributed by atoms with Crippen molar-refractivity contribution in [2.24, 2.45) is 11.8 Å². The van der Waals surface area contributed by atoms with Gasteiger partial charge in [0, 0.05) is 29.6 Å². The van der Waals surface area contributed by atoms with Gasteiger partial charge in [0.1, 0.15) is 5.60 Å². The van der Waals surface area contributed by atoms with Crippen molar-refractivity contribution in [1.29, 1.82) is 0 Å². The highest BCUT2D eigenvalue weighted by molar-refractivity contribution is 6.30. The van der Waals surface area contributed by atoms with Gasteiger partial charge in [0.2, 0.25) is 11.8 Å². The zero-order valence-corrected chi connectivity index (χ0v) is 15.7. The van der Waals surface area contributed by atoms with Crippen LogP contribution in [0.15, 0.2) is 60.9 Å². The molecule has 2 saturated heterocycles. The van der Waals surface area contributed by atoms with E-state index in [1.54, 1.807) is 29.4 Å². The first-order valence-electron chi connectivity index (χ1n) is 9.18. The van der Waals surface area contributed by atoms with Gasteiger partial charge in [-0.05, 0) is 35.9 Å². The Morgan fingerprint density at radius 3 is 2.89 bits per heavy atom. The van der Waals surface area contributed by atoms with Crippen LogP contribution in [-0.4, -0.2) is 35.0 Å². The highest BCUT2D eigenvalue weighted by atomic mass is 35.5. The van der Waals surface area contributed by atoms with Crippen LogP contribution >= 0.6 is 11.6 Å². The largest absolute Gasteiger partial charge is 0.360 e. The maximum Gasteiger partial charge on any atom is 0.234 e. The second kappa shape index (κ2) is 6.43. The summed E-state index contributed by atoms with van der Waals surface area (Å²) < 4.78 is 6.14. The summed E-state index contributed by atoms with van der Waals surface area (Å²) in [5, 5.41) is 3.55. The summed E-state index contributed by atoms with van der Waals surface area (Å²) in [7, 11) is 0. The van der Waals surface area contributed by atoms with Gasteiger partial charge in [0.05, 0.1) is 24.5 Å². The van der Waals surface area contributed by atoms with Gasteiger partial charge in [-0.2, -0.15) is 0 Å². The Hall–Kier alpha value is -2.70. The quantitative estimate of drug-likeness (QED) is 0.806. The van der Waals surface area contributed by atoms with Gasteiger partial charge < -0.3 is 15.0 Å². The van der Waals surface area contributed by atoms with E-state index in [1.165, 1.54) is 0 Å². The number of nitrogens with zero attached hydrogens (tertiary/aromatic N) is 2. The molecule has 28 heavy (non-hydrogen) atoms. The van der Waals surface area contributed by atoms with E-state index in [2.05, 4.69) is 10.3 Å². The number of carbonyl (C=O) groups excluding carboxylic acids is 2. The fourth-order valence-corrected chi connectivity index (χ4v) is 4.57. The monoisotopic (exact) mass is 395 g/mol. The highest BCUT2D eigenvalue weighted by Crippen LogP contribution is 2.52. The molecule has 3 aliphatic heterocycles. The number of pyridine rings is 1. The molecule has 0 saturated carbocycles. The second-order valence-electron chi connectivity index (χ2n) is 7.38. The van der Waals surface area contributed by atoms with Crippen LogP contribution in [0.5, 0.6) is 0 Å². The van der Waals surface area contributed by atoms with Crippen LogP contribution in [0.3, 0.4) is 0 Å². The standard InChI is InChI=1S/C21H18ClN3O3/c22-14-3-5-15(6-4-14)25-12-21-8-7-16(28-21)17(18(21)20(25)27)19(26)24-11-13-2-1-9-23-10-13/h1-10,16-18H,11-12H2,(H,24,26)/t16-,17+,18+,21-/m1/s1. The minimum atomic E-state index is -0.738. The topological polar surface area (TPSA) is 71.5 Å². The fourth-order valence-electron chi connectivity index (χ4n) is 4.45. The van der Waals surface area contributed by atoms with Crippen LogP contribution < -0.4 is 10.2 Å². The Kier molecular flexibility index (Phi) is 4.00. The molecule has 1 aromatic heterocycles. The molecule has 4 heterocycles. The zero-order valence-electron chi connectivity index (χ0n) is 14.9. The molecule has 0 unspecified atom stereocenters. The van der Waals surface area contributed by atoms with E-state index in [1.807, 2.05) is 36.4 Å². The number of ether oxygens (including phenoxy) is 1. The van der Waals surface area contributed by atoms with Gasteiger partial charge in [0.15, 0.2) is 0 Å². The van der Waals surface area contributed by atoms with Gasteiger partial charge in [-0.15, -0.1) is 0 Å². The molecular weight excluding hydrogens is 378 g/mol. The summed E-state index contributed by atoms with van der Waals surface area (Å²) >= 11 is 5.97. The molecule has 142 valence electrons. The van der Waals surface area contributed by atoms with Crippen LogP contribution in [0.4, 0.5) is 5.69 Å². The maximum absolute atomic E-state index is 13.2. The number of nitrogens with one attached hydrogen (secondary N) is 1. The number of anilines is 1. The van der Waals surface area contributed by atoms with Crippen molar-refractivity contribution in [3.8, 4) is 0 Å². The fraction of sp³-hybridized carbons (Fsp3) is 0.286. The first-order chi connectivity index (χ1) is 13.6. The lowest BCUT2D eigenvalue weighted by Crippen LogP contribution is -2.44. The van der Waals surface area contributed by atoms with Gasteiger partial charge >= 0.3 is 0 Å². The highest BCUT2D eigenvalue weighted by Gasteiger charge is 2.67. The molecule has 6 nitrogen and oxygen atoms in total. The summed E-state index contributed by atoms with van der Waals surface area (Å²) in [4.78, 5) is 31.9. The Labute approximate surface area is 167 Å². The minimum absolute atomic E-state index is 0.0873. The third-order valence-corrected chi connectivity index (χ3v) is 5.98. The minimum Gasteiger partial charge on any atom is -0.360 e. The van der Waals surface area contributed by atoms with E-state index >= 15 is 0 Å². The van der Waals surface area contributed by atoms with Crippen LogP contribution in [-0.2, 0) is 20.9 Å². The number of fused-ring (bicyclic) bond motifs is 1. The molecule has 0 radical (unpaired) electrons. The van der Waals surface area contributed by atoms with Crippen LogP contribution in [0, 0.1) is 11.8 Å². The Morgan fingerprint density at radius 1 is 1.32 bits per heavy atom. The lowest BCUT2D eigenvalue weighted by Gasteiger charge is -2.23. The SMILES string of the molecule is O=C(NCc1cccnc1)[C@@H]1[C@H]2C(=O)N(c3ccc(Cl)cc3)C[C@]23C=C[C@H]1O3. The molecule has 2 bridgehead atoms. The van der Waals surface area contributed by atoms with E-state index in [4.69, 9.17) is 16.3 Å². The molecule has 2 amide bonds. The Balaban J connectivity index is 1.38. The molecule has 2 aromatic rings. The zero-order chi connectivity index (χ0) is 19.3. The van der Waals surface area contributed by atoms with Crippen LogP contribution in [0.2, 0.25) is 5.02 Å². The average Bonchev–Trinajstić information content (AvgIpc) is 3.36. The number of hydrogen-bond acceptors (Lipinski definition) is 4. The van der Waals surface area contributed by atoms with Gasteiger partial charge in [-0.1, -0.05) is 29.8 Å². The van der Waals surface area contributed by atoms with Crippen LogP contribution in [0.25, 0.3) is 0 Å². The number of hydrogen-bond donors (Lipinski definition) is 1. The summed E-state index contributed by atoms with van der Waals surface area (Å²) in [5.74, 6) is -1.31. The predicted octanol–water partition coefficient (Wildman–Crippen LogP) is 2.34. The molecule has 1 aromatic carbocycles. The number of benzene rings is 1. The van der Waals surface area contributed by atoms with E-state index in [9.17, 15) is 9.59 Å². The summed E-state index contributed by atoms with van der Waals surface area (Å²) in [6.07, 6.45) is 6.88. The smallest absolute Gasteiger partial charge is 0.234 e. The summed E-state index contributed by atoms with van der Waals surface area (Å²) in [6.45, 7) is 0.770. The van der Waals surface area contributed by atoms with Gasteiger partial charge in [-0.3, -0.25) is 14.6 Å². The van der Waals surface area contributed by atoms with Crippen molar-refractivity contribution >= 4 is 29.1 Å². The van der Waals surface area contributed by atoms with E-state index < -0.39 is 17.4 Å². The van der Waals surface area contributed by atoms with Crippen molar-refractivity contribution in [1.82, 2.24) is 10.3 Å². The molecular formula is C21H18ClN3O3. The van der Waals surface area contributed by atoms with Gasteiger partial charge in [-0.25, -0.2) is 0 Å². The molecule has 3 aliphatic rings.